The average molecular weight is 268 g/mol. The smallest absolute Gasteiger partial charge is 0.461 e. The minimum Gasteiger partial charge on any atom is -0.494 e. The van der Waals surface area contributed by atoms with Gasteiger partial charge >= 0.3 is 12.1 Å². The third-order valence-corrected chi connectivity index (χ3v) is 2.05. The van der Waals surface area contributed by atoms with E-state index >= 15 is 0 Å². The number of halogens is 5. The van der Waals surface area contributed by atoms with Gasteiger partial charge in [0.2, 0.25) is 5.78 Å². The van der Waals surface area contributed by atoms with Gasteiger partial charge in [0.25, 0.3) is 0 Å². The number of benzene rings is 1. The lowest BCUT2D eigenvalue weighted by Crippen LogP contribution is -2.44. The molecule has 0 N–H and O–H groups in total. The average Bonchev–Trinajstić information content (AvgIpc) is 2.27. The second-order valence-electron chi connectivity index (χ2n) is 3.36. The molecule has 0 bridgehead atoms. The molecule has 0 aliphatic heterocycles. The Labute approximate surface area is 99.4 Å². The number of hydrogen-bond donors (Lipinski definition) is 0. The molecule has 1 aromatic rings. The van der Waals surface area contributed by atoms with Crippen molar-refractivity contribution in [2.45, 2.75) is 19.0 Å². The highest BCUT2D eigenvalue weighted by Gasteiger charge is 2.63. The van der Waals surface area contributed by atoms with E-state index < -0.39 is 23.4 Å². The van der Waals surface area contributed by atoms with Crippen molar-refractivity contribution < 1.29 is 31.5 Å². The summed E-state index contributed by atoms with van der Waals surface area (Å²) < 4.78 is 66.6. The van der Waals surface area contributed by atoms with E-state index in [0.29, 0.717) is 0 Å². The Morgan fingerprint density at radius 3 is 2.33 bits per heavy atom. The lowest BCUT2D eigenvalue weighted by molar-refractivity contribution is -0.255. The Hall–Kier alpha value is -1.66. The number of alkyl halides is 5. The summed E-state index contributed by atoms with van der Waals surface area (Å²) in [6, 6.07) is 4.26. The summed E-state index contributed by atoms with van der Waals surface area (Å²) >= 11 is 0. The number of Topliss-reactive ketones (excluding diaryl/α,β-unsaturated/α-hetero) is 1. The second-order valence-corrected chi connectivity index (χ2v) is 3.36. The van der Waals surface area contributed by atoms with Crippen LogP contribution in [0.5, 0.6) is 5.75 Å². The second kappa shape index (κ2) is 4.91. The van der Waals surface area contributed by atoms with Crippen molar-refractivity contribution in [2.75, 3.05) is 6.61 Å². The van der Waals surface area contributed by atoms with Gasteiger partial charge in [0.15, 0.2) is 0 Å². The van der Waals surface area contributed by atoms with Crippen molar-refractivity contribution in [1.82, 2.24) is 0 Å². The summed E-state index contributed by atoms with van der Waals surface area (Å²) in [4.78, 5) is 11.1. The quantitative estimate of drug-likeness (QED) is 0.617. The molecule has 0 saturated heterocycles. The standard InChI is InChI=1S/C11H9F5O2/c1-2-18-8-5-3-4-7(6-8)9(17)10(12,13)11(14,15)16/h3-6H,2H2,1H3. The monoisotopic (exact) mass is 268 g/mol. The fourth-order valence-corrected chi connectivity index (χ4v) is 1.20. The van der Waals surface area contributed by atoms with E-state index in [0.717, 1.165) is 12.1 Å². The van der Waals surface area contributed by atoms with Crippen LogP contribution in [-0.2, 0) is 0 Å². The van der Waals surface area contributed by atoms with Gasteiger partial charge < -0.3 is 4.74 Å². The number of carbonyl (C=O) groups is 1. The molecule has 0 aliphatic rings. The predicted molar refractivity (Wildman–Crippen MR) is 52.9 cm³/mol. The number of rotatable bonds is 4. The molecule has 0 spiro atoms. The molecule has 7 heteroatoms. The summed E-state index contributed by atoms with van der Waals surface area (Å²) in [5.41, 5.74) is -0.747. The maximum Gasteiger partial charge on any atom is 0.461 e. The third kappa shape index (κ3) is 2.77. The molecule has 0 heterocycles. The highest BCUT2D eigenvalue weighted by Crippen LogP contribution is 2.38. The first-order valence-electron chi connectivity index (χ1n) is 4.92. The Morgan fingerprint density at radius 2 is 1.83 bits per heavy atom. The summed E-state index contributed by atoms with van der Waals surface area (Å²) in [6.07, 6.45) is -5.91. The van der Waals surface area contributed by atoms with Crippen LogP contribution in [0, 0.1) is 0 Å². The van der Waals surface area contributed by atoms with E-state index in [9.17, 15) is 26.7 Å². The van der Waals surface area contributed by atoms with Crippen molar-refractivity contribution >= 4 is 5.78 Å². The largest absolute Gasteiger partial charge is 0.494 e. The first-order valence-corrected chi connectivity index (χ1v) is 4.92. The number of hydrogen-bond acceptors (Lipinski definition) is 2. The van der Waals surface area contributed by atoms with Crippen LogP contribution in [0.3, 0.4) is 0 Å². The highest BCUT2D eigenvalue weighted by molar-refractivity contribution is 6.02. The van der Waals surface area contributed by atoms with Crippen molar-refractivity contribution in [3.63, 3.8) is 0 Å². The maximum absolute atomic E-state index is 12.8. The van der Waals surface area contributed by atoms with Crippen LogP contribution in [-0.4, -0.2) is 24.5 Å². The lowest BCUT2D eigenvalue weighted by atomic mass is 10.0. The van der Waals surface area contributed by atoms with Gasteiger partial charge in [0, 0.05) is 5.56 Å². The molecule has 0 radical (unpaired) electrons. The van der Waals surface area contributed by atoms with Crippen molar-refractivity contribution in [3.05, 3.63) is 29.8 Å². The van der Waals surface area contributed by atoms with Gasteiger partial charge in [0.05, 0.1) is 6.61 Å². The molecular weight excluding hydrogens is 259 g/mol. The molecule has 100 valence electrons. The van der Waals surface area contributed by atoms with E-state index in [4.69, 9.17) is 4.74 Å². The van der Waals surface area contributed by atoms with E-state index in [2.05, 4.69) is 0 Å². The summed E-state index contributed by atoms with van der Waals surface area (Å²) in [5, 5.41) is 0. The molecule has 0 atom stereocenters. The summed E-state index contributed by atoms with van der Waals surface area (Å²) in [5.74, 6) is -7.64. The van der Waals surface area contributed by atoms with E-state index in [-0.39, 0.29) is 12.4 Å². The molecule has 0 unspecified atom stereocenters. The molecule has 0 fully saturated rings. The normalized spacial score (nSPS) is 12.3. The highest BCUT2D eigenvalue weighted by atomic mass is 19.4. The van der Waals surface area contributed by atoms with E-state index in [1.165, 1.54) is 12.1 Å². The molecule has 1 rings (SSSR count). The molecular formula is C11H9F5O2. The fourth-order valence-electron chi connectivity index (χ4n) is 1.20. The van der Waals surface area contributed by atoms with Crippen LogP contribution >= 0.6 is 0 Å². The first-order chi connectivity index (χ1) is 8.20. The van der Waals surface area contributed by atoms with Crippen LogP contribution in [0.2, 0.25) is 0 Å². The van der Waals surface area contributed by atoms with E-state index in [1.54, 1.807) is 6.92 Å². The zero-order chi connectivity index (χ0) is 14.0. The minimum atomic E-state index is -5.91. The Morgan fingerprint density at radius 1 is 1.22 bits per heavy atom. The van der Waals surface area contributed by atoms with Gasteiger partial charge in [-0.15, -0.1) is 0 Å². The molecule has 0 aliphatic carbocycles. The predicted octanol–water partition coefficient (Wildman–Crippen LogP) is 3.47. The third-order valence-electron chi connectivity index (χ3n) is 2.05. The Kier molecular flexibility index (Phi) is 3.93. The number of ketones is 1. The van der Waals surface area contributed by atoms with Gasteiger partial charge in [-0.2, -0.15) is 22.0 Å². The van der Waals surface area contributed by atoms with Gasteiger partial charge in [-0.1, -0.05) is 12.1 Å². The zero-order valence-electron chi connectivity index (χ0n) is 9.22. The number of carbonyl (C=O) groups excluding carboxylic acids is 1. The van der Waals surface area contributed by atoms with Gasteiger partial charge in [-0.25, -0.2) is 0 Å². The van der Waals surface area contributed by atoms with Gasteiger partial charge in [0.1, 0.15) is 5.75 Å². The van der Waals surface area contributed by atoms with E-state index in [1.807, 2.05) is 0 Å². The zero-order valence-corrected chi connectivity index (χ0v) is 9.22. The minimum absolute atomic E-state index is 0.0568. The lowest BCUT2D eigenvalue weighted by Gasteiger charge is -2.18. The van der Waals surface area contributed by atoms with Gasteiger partial charge in [-0.05, 0) is 19.1 Å². The molecule has 1 aromatic carbocycles. The molecule has 0 aromatic heterocycles. The molecule has 18 heavy (non-hydrogen) atoms. The Bertz CT molecular complexity index is 439. The summed E-state index contributed by atoms with van der Waals surface area (Å²) in [6.45, 7) is 1.81. The van der Waals surface area contributed by atoms with Crippen LogP contribution in [0.25, 0.3) is 0 Å². The molecule has 0 saturated carbocycles. The van der Waals surface area contributed by atoms with Crippen molar-refractivity contribution in [2.24, 2.45) is 0 Å². The van der Waals surface area contributed by atoms with Crippen LogP contribution in [0.15, 0.2) is 24.3 Å². The van der Waals surface area contributed by atoms with Crippen LogP contribution < -0.4 is 4.74 Å². The molecule has 2 nitrogen and oxygen atoms in total. The van der Waals surface area contributed by atoms with Crippen LogP contribution in [0.1, 0.15) is 17.3 Å². The van der Waals surface area contributed by atoms with Crippen LogP contribution in [0.4, 0.5) is 22.0 Å². The number of ether oxygens (including phenoxy) is 1. The summed E-state index contributed by atoms with van der Waals surface area (Å²) in [7, 11) is 0. The maximum atomic E-state index is 12.8. The van der Waals surface area contributed by atoms with Crippen molar-refractivity contribution in [1.29, 1.82) is 0 Å². The Balaban J connectivity index is 3.08. The first kappa shape index (κ1) is 14.4. The topological polar surface area (TPSA) is 26.3 Å². The van der Waals surface area contributed by atoms with Crippen molar-refractivity contribution in [3.8, 4) is 5.75 Å². The molecule has 0 amide bonds. The SMILES string of the molecule is CCOc1cccc(C(=O)C(F)(F)C(F)(F)F)c1. The van der Waals surface area contributed by atoms with Gasteiger partial charge in [-0.3, -0.25) is 4.79 Å². The fraction of sp³-hybridized carbons (Fsp3) is 0.364.